The fraction of sp³-hybridized carbons (Fsp3) is 0. The first kappa shape index (κ1) is 14.9. The summed E-state index contributed by atoms with van der Waals surface area (Å²) in [7, 11) is 0. The molecule has 2 rings (SSSR count). The third-order valence-corrected chi connectivity index (χ3v) is 2.92. The van der Waals surface area contributed by atoms with E-state index in [0.717, 1.165) is 11.6 Å². The predicted molar refractivity (Wildman–Crippen MR) is 79.8 cm³/mol. The van der Waals surface area contributed by atoms with E-state index in [4.69, 9.17) is 5.26 Å². The molecule has 2 aromatic rings. The second kappa shape index (κ2) is 6.28. The Morgan fingerprint density at radius 3 is 2.18 bits per heavy atom. The number of benzene rings is 2. The maximum Gasteiger partial charge on any atom is 0.283 e. The van der Waals surface area contributed by atoms with Crippen molar-refractivity contribution >= 4 is 23.5 Å². The molecule has 0 radical (unpaired) electrons. The van der Waals surface area contributed by atoms with E-state index in [1.165, 1.54) is 18.2 Å². The largest absolute Gasteiger partial charge is 0.283 e. The monoisotopic (exact) mass is 295 g/mol. The lowest BCUT2D eigenvalue weighted by Gasteiger charge is -1.98. The molecule has 0 fully saturated rings. The Balaban J connectivity index is 2.35. The summed E-state index contributed by atoms with van der Waals surface area (Å²) in [5, 5.41) is 30.4. The zero-order chi connectivity index (χ0) is 16.1. The van der Waals surface area contributed by atoms with E-state index in [-0.39, 0.29) is 16.9 Å². The molecule has 0 aliphatic rings. The van der Waals surface area contributed by atoms with E-state index < -0.39 is 9.85 Å². The van der Waals surface area contributed by atoms with Crippen molar-refractivity contribution < 1.29 is 9.85 Å². The first-order valence-corrected chi connectivity index (χ1v) is 6.12. The fourth-order valence-electron chi connectivity index (χ4n) is 1.80. The van der Waals surface area contributed by atoms with Crippen LogP contribution in [0.15, 0.2) is 42.5 Å². The number of nitrogens with zero attached hydrogens (tertiary/aromatic N) is 3. The molecule has 0 saturated carbocycles. The molecular weight excluding hydrogens is 286 g/mol. The van der Waals surface area contributed by atoms with E-state index in [1.54, 1.807) is 30.3 Å². The van der Waals surface area contributed by atoms with Gasteiger partial charge in [0.25, 0.3) is 11.4 Å². The number of rotatable bonds is 4. The lowest BCUT2D eigenvalue weighted by Crippen LogP contribution is -1.94. The van der Waals surface area contributed by atoms with E-state index in [0.29, 0.717) is 5.56 Å². The Hall–Kier alpha value is -3.53. The average molecular weight is 295 g/mol. The molecule has 0 N–H and O–H groups in total. The van der Waals surface area contributed by atoms with Crippen LogP contribution in [0.3, 0.4) is 0 Å². The molecule has 0 amide bonds. The predicted octanol–water partition coefficient (Wildman–Crippen LogP) is 3.55. The minimum atomic E-state index is -0.679. The first-order chi connectivity index (χ1) is 10.5. The fourth-order valence-corrected chi connectivity index (χ4v) is 1.80. The number of nitro groups is 2. The molecular formula is C15H9N3O4. The van der Waals surface area contributed by atoms with Gasteiger partial charge in [0.15, 0.2) is 0 Å². The number of nitro benzene ring substituents is 2. The second-order valence-corrected chi connectivity index (χ2v) is 4.32. The molecule has 0 spiro atoms. The molecule has 0 bridgehead atoms. The molecule has 2 aromatic carbocycles. The van der Waals surface area contributed by atoms with Crippen molar-refractivity contribution in [2.24, 2.45) is 0 Å². The van der Waals surface area contributed by atoms with Gasteiger partial charge in [-0.2, -0.15) is 5.26 Å². The summed E-state index contributed by atoms with van der Waals surface area (Å²) < 4.78 is 0. The normalized spacial score (nSPS) is 10.3. The SMILES string of the molecule is N#Cc1ccc(C=Cc2ccc([N+](=O)[O-])cc2[N+](=O)[O-])cc1. The van der Waals surface area contributed by atoms with Gasteiger partial charge in [-0.3, -0.25) is 20.2 Å². The highest BCUT2D eigenvalue weighted by molar-refractivity contribution is 5.75. The number of non-ortho nitro benzene ring substituents is 1. The van der Waals surface area contributed by atoms with Crippen LogP contribution in [-0.2, 0) is 0 Å². The Bertz CT molecular complexity index is 805. The lowest BCUT2D eigenvalue weighted by molar-refractivity contribution is -0.394. The molecule has 0 aromatic heterocycles. The van der Waals surface area contributed by atoms with E-state index in [9.17, 15) is 20.2 Å². The van der Waals surface area contributed by atoms with Crippen LogP contribution in [-0.4, -0.2) is 9.85 Å². The van der Waals surface area contributed by atoms with Gasteiger partial charge in [-0.1, -0.05) is 18.2 Å². The average Bonchev–Trinajstić information content (AvgIpc) is 2.53. The van der Waals surface area contributed by atoms with Crippen LogP contribution in [0.2, 0.25) is 0 Å². The van der Waals surface area contributed by atoms with Crippen molar-refractivity contribution in [2.75, 3.05) is 0 Å². The summed E-state index contributed by atoms with van der Waals surface area (Å²) in [6.07, 6.45) is 3.14. The molecule has 0 unspecified atom stereocenters. The zero-order valence-electron chi connectivity index (χ0n) is 11.2. The van der Waals surface area contributed by atoms with Crippen LogP contribution in [0, 0.1) is 31.6 Å². The maximum atomic E-state index is 11.0. The van der Waals surface area contributed by atoms with Gasteiger partial charge in [-0.25, -0.2) is 0 Å². The summed E-state index contributed by atoms with van der Waals surface area (Å²) in [6, 6.07) is 12.1. The van der Waals surface area contributed by atoms with Crippen molar-refractivity contribution in [2.45, 2.75) is 0 Å². The van der Waals surface area contributed by atoms with Crippen molar-refractivity contribution in [3.05, 3.63) is 79.4 Å². The highest BCUT2D eigenvalue weighted by Crippen LogP contribution is 2.26. The number of hydrogen-bond donors (Lipinski definition) is 0. The van der Waals surface area contributed by atoms with Gasteiger partial charge in [-0.05, 0) is 29.8 Å². The minimum Gasteiger partial charge on any atom is -0.258 e. The van der Waals surface area contributed by atoms with Crippen molar-refractivity contribution in [3.8, 4) is 6.07 Å². The quantitative estimate of drug-likeness (QED) is 0.486. The van der Waals surface area contributed by atoms with Crippen molar-refractivity contribution in [1.82, 2.24) is 0 Å². The molecule has 108 valence electrons. The topological polar surface area (TPSA) is 110 Å². The molecule has 7 heteroatoms. The van der Waals surface area contributed by atoms with Crippen LogP contribution in [0.5, 0.6) is 0 Å². The van der Waals surface area contributed by atoms with Gasteiger partial charge in [0.2, 0.25) is 0 Å². The molecule has 0 atom stereocenters. The maximum absolute atomic E-state index is 11.0. The summed E-state index contributed by atoms with van der Waals surface area (Å²) in [6.45, 7) is 0. The molecule has 0 saturated heterocycles. The number of hydrogen-bond acceptors (Lipinski definition) is 5. The Labute approximate surface area is 125 Å². The summed E-state index contributed by atoms with van der Waals surface area (Å²) >= 11 is 0. The van der Waals surface area contributed by atoms with E-state index in [1.807, 2.05) is 6.07 Å². The Morgan fingerprint density at radius 1 is 0.955 bits per heavy atom. The smallest absolute Gasteiger partial charge is 0.258 e. The summed E-state index contributed by atoms with van der Waals surface area (Å²) in [4.78, 5) is 20.3. The lowest BCUT2D eigenvalue weighted by atomic mass is 10.1. The third-order valence-electron chi connectivity index (χ3n) is 2.92. The van der Waals surface area contributed by atoms with Crippen LogP contribution in [0.1, 0.15) is 16.7 Å². The molecule has 0 heterocycles. The minimum absolute atomic E-state index is 0.264. The molecule has 0 aliphatic carbocycles. The van der Waals surface area contributed by atoms with Crippen LogP contribution in [0.25, 0.3) is 12.2 Å². The zero-order valence-corrected chi connectivity index (χ0v) is 11.2. The van der Waals surface area contributed by atoms with Gasteiger partial charge >= 0.3 is 0 Å². The number of nitriles is 1. The standard InChI is InChI=1S/C15H9N3O4/c16-10-12-3-1-11(2-4-12)5-6-13-7-8-14(17(19)20)9-15(13)18(21)22/h1-9H. The summed E-state index contributed by atoms with van der Waals surface area (Å²) in [5.74, 6) is 0. The second-order valence-electron chi connectivity index (χ2n) is 4.32. The first-order valence-electron chi connectivity index (χ1n) is 6.12. The van der Waals surface area contributed by atoms with Gasteiger partial charge in [0.05, 0.1) is 33.1 Å². The molecule has 0 aliphatic heterocycles. The highest BCUT2D eigenvalue weighted by atomic mass is 16.6. The van der Waals surface area contributed by atoms with Crippen molar-refractivity contribution in [1.29, 1.82) is 5.26 Å². The van der Waals surface area contributed by atoms with Gasteiger partial charge in [0.1, 0.15) is 0 Å². The highest BCUT2D eigenvalue weighted by Gasteiger charge is 2.17. The van der Waals surface area contributed by atoms with E-state index in [2.05, 4.69) is 0 Å². The summed E-state index contributed by atoms with van der Waals surface area (Å²) in [5.41, 5.74) is 0.867. The van der Waals surface area contributed by atoms with Gasteiger partial charge < -0.3 is 0 Å². The van der Waals surface area contributed by atoms with Crippen LogP contribution >= 0.6 is 0 Å². The van der Waals surface area contributed by atoms with Gasteiger partial charge in [0, 0.05) is 6.07 Å². The van der Waals surface area contributed by atoms with E-state index >= 15 is 0 Å². The molecule has 7 nitrogen and oxygen atoms in total. The molecule has 22 heavy (non-hydrogen) atoms. The Morgan fingerprint density at radius 2 is 1.64 bits per heavy atom. The third kappa shape index (κ3) is 3.32. The van der Waals surface area contributed by atoms with Gasteiger partial charge in [-0.15, -0.1) is 0 Å². The van der Waals surface area contributed by atoms with Crippen LogP contribution < -0.4 is 0 Å². The van der Waals surface area contributed by atoms with Crippen LogP contribution in [0.4, 0.5) is 11.4 Å². The van der Waals surface area contributed by atoms with Crippen molar-refractivity contribution in [3.63, 3.8) is 0 Å². The Kier molecular flexibility index (Phi) is 4.24.